The molecule has 0 atom stereocenters. The molecule has 1 aliphatic heterocycles. The number of hydrogen-bond acceptors (Lipinski definition) is 4. The summed E-state index contributed by atoms with van der Waals surface area (Å²) in [6.07, 6.45) is 0. The summed E-state index contributed by atoms with van der Waals surface area (Å²) in [4.78, 5) is 0. The molecular weight excluding hydrogens is 838 g/mol. The Morgan fingerprint density at radius 1 is 0.312 bits per heavy atom. The van der Waals surface area contributed by atoms with Gasteiger partial charge in [-0.05, 0) is 0 Å². The van der Waals surface area contributed by atoms with E-state index in [1.54, 1.807) is 0 Å². The minimum absolute atomic E-state index is 0.303. The van der Waals surface area contributed by atoms with Gasteiger partial charge in [0.05, 0.1) is 0 Å². The van der Waals surface area contributed by atoms with E-state index < -0.39 is 55.5 Å². The van der Waals surface area contributed by atoms with Crippen LogP contribution >= 0.6 is 0 Å². The zero-order valence-corrected chi connectivity index (χ0v) is 38.9. The van der Waals surface area contributed by atoms with Crippen LogP contribution in [0.5, 0.6) is 0 Å². The minimum atomic E-state index is -4.61. The topological polar surface area (TPSA) is 36.9 Å². The van der Waals surface area contributed by atoms with Crippen molar-refractivity contribution in [2.75, 3.05) is 0 Å². The molecule has 0 bridgehead atoms. The molecule has 0 aromatic heterocycles. The molecule has 5 rings (SSSR count). The SMILES string of the molecule is C[C](C)(C)[Sn]1([C](C)(C)C)[O][Si](c2ccccc2)(c2ccccc2)[O][Sn]([C](C)(C)C)([C](C)(C)C)[O][Si](c2ccccc2)(c2ccccc2)[O]1. The summed E-state index contributed by atoms with van der Waals surface area (Å²) in [5.74, 6) is 0. The van der Waals surface area contributed by atoms with E-state index in [-0.39, 0.29) is 13.7 Å². The van der Waals surface area contributed by atoms with Crippen LogP contribution in [0.15, 0.2) is 121 Å². The molecule has 256 valence electrons. The molecule has 0 unspecified atom stereocenters. The predicted molar refractivity (Wildman–Crippen MR) is 211 cm³/mol. The third-order valence-electron chi connectivity index (χ3n) is 9.71. The van der Waals surface area contributed by atoms with Crippen LogP contribution < -0.4 is 20.7 Å². The zero-order valence-electron chi connectivity index (χ0n) is 31.2. The van der Waals surface area contributed by atoms with Crippen LogP contribution in [0.3, 0.4) is 0 Å². The van der Waals surface area contributed by atoms with Gasteiger partial charge < -0.3 is 0 Å². The molecule has 0 spiro atoms. The van der Waals surface area contributed by atoms with E-state index in [4.69, 9.17) is 11.1 Å². The van der Waals surface area contributed by atoms with Crippen molar-refractivity contribution in [3.05, 3.63) is 121 Å². The van der Waals surface area contributed by atoms with Gasteiger partial charge in [0.15, 0.2) is 0 Å². The van der Waals surface area contributed by atoms with Crippen molar-refractivity contribution in [3.8, 4) is 0 Å². The molecule has 48 heavy (non-hydrogen) atoms. The first-order valence-electron chi connectivity index (χ1n) is 17.3. The van der Waals surface area contributed by atoms with Gasteiger partial charge >= 0.3 is 305 Å². The fourth-order valence-corrected chi connectivity index (χ4v) is 79.8. The first kappa shape index (κ1) is 38.0. The van der Waals surface area contributed by atoms with Gasteiger partial charge in [-0.2, -0.15) is 0 Å². The normalized spacial score (nSPS) is 19.6. The van der Waals surface area contributed by atoms with E-state index >= 15 is 0 Å². The molecule has 4 aromatic rings. The van der Waals surface area contributed by atoms with E-state index in [0.29, 0.717) is 0 Å². The van der Waals surface area contributed by atoms with Gasteiger partial charge in [0.2, 0.25) is 0 Å². The van der Waals surface area contributed by atoms with Crippen LogP contribution in [0.4, 0.5) is 0 Å². The monoisotopic (exact) mass is 896 g/mol. The van der Waals surface area contributed by atoms with Gasteiger partial charge in [-0.3, -0.25) is 0 Å². The Morgan fingerprint density at radius 2 is 0.479 bits per heavy atom. The van der Waals surface area contributed by atoms with Crippen molar-refractivity contribution in [2.45, 2.75) is 96.8 Å². The standard InChI is InChI=1S/2C12H10O2Si.4C4H9.2Sn/c2*13-15(14,11-7-3-1-4-8-11)12-9-5-2-6-10-12;4*1-4(2)3;;/h2*1-10H;4*1-3H3;;/q2*-2;;;;;2*+2. The average Bonchev–Trinajstić information content (AvgIpc) is 3.01. The molecular formula is C40H56O4Si2Sn2. The molecule has 0 amide bonds. The molecule has 8 heteroatoms. The van der Waals surface area contributed by atoms with Crippen molar-refractivity contribution in [3.63, 3.8) is 0 Å². The molecule has 1 saturated heterocycles. The second-order valence-corrected chi connectivity index (χ2v) is 54.1. The number of rotatable bonds is 4. The number of hydrogen-bond donors (Lipinski definition) is 0. The fraction of sp³-hybridized carbons (Fsp3) is 0.400. The molecule has 0 aliphatic carbocycles. The zero-order chi connectivity index (χ0) is 35.3. The molecule has 4 aromatic carbocycles. The van der Waals surface area contributed by atoms with Crippen LogP contribution in [-0.4, -0.2) is 55.5 Å². The summed E-state index contributed by atoms with van der Waals surface area (Å²) in [6, 6.07) is 43.2. The summed E-state index contributed by atoms with van der Waals surface area (Å²) in [6.45, 7) is 28.1. The van der Waals surface area contributed by atoms with Crippen LogP contribution in [-0.2, 0) is 11.1 Å². The Bertz CT molecular complexity index is 1400. The number of benzene rings is 4. The molecule has 1 aliphatic rings. The van der Waals surface area contributed by atoms with Crippen molar-refractivity contribution >= 4 is 76.3 Å². The molecule has 4 nitrogen and oxygen atoms in total. The third kappa shape index (κ3) is 6.51. The van der Waals surface area contributed by atoms with Gasteiger partial charge in [0.25, 0.3) is 0 Å². The molecule has 0 saturated carbocycles. The Morgan fingerprint density at radius 3 is 0.625 bits per heavy atom. The Kier molecular flexibility index (Phi) is 10.6. The van der Waals surface area contributed by atoms with Crippen LogP contribution in [0, 0.1) is 0 Å². The van der Waals surface area contributed by atoms with Gasteiger partial charge in [-0.25, -0.2) is 0 Å². The van der Waals surface area contributed by atoms with Crippen molar-refractivity contribution in [1.29, 1.82) is 0 Å². The quantitative estimate of drug-likeness (QED) is 0.193. The Balaban J connectivity index is 2.05. The van der Waals surface area contributed by atoms with E-state index in [1.165, 1.54) is 0 Å². The molecule has 0 radical (unpaired) electrons. The second-order valence-electron chi connectivity index (χ2n) is 17.3. The van der Waals surface area contributed by atoms with E-state index in [9.17, 15) is 0 Å². The fourth-order valence-electron chi connectivity index (χ4n) is 7.80. The first-order chi connectivity index (χ1) is 22.2. The average molecular weight is 894 g/mol. The Hall–Kier alpha value is -1.25. The van der Waals surface area contributed by atoms with E-state index in [0.717, 1.165) is 20.7 Å². The van der Waals surface area contributed by atoms with Gasteiger partial charge in [0, 0.05) is 0 Å². The summed E-state index contributed by atoms with van der Waals surface area (Å²) >= 11 is -9.22. The third-order valence-corrected chi connectivity index (χ3v) is 58.6. The molecule has 1 heterocycles. The summed E-state index contributed by atoms with van der Waals surface area (Å²) in [5, 5.41) is 4.45. The molecule has 0 N–H and O–H groups in total. The second kappa shape index (κ2) is 13.4. The first-order valence-corrected chi connectivity index (χ1v) is 31.3. The van der Waals surface area contributed by atoms with Crippen LogP contribution in [0.2, 0.25) is 13.7 Å². The van der Waals surface area contributed by atoms with Crippen molar-refractivity contribution < 1.29 is 11.1 Å². The maximum absolute atomic E-state index is 8.42. The van der Waals surface area contributed by atoms with Crippen molar-refractivity contribution in [1.82, 2.24) is 0 Å². The van der Waals surface area contributed by atoms with Gasteiger partial charge in [0.1, 0.15) is 0 Å². The van der Waals surface area contributed by atoms with Crippen molar-refractivity contribution in [2.24, 2.45) is 0 Å². The van der Waals surface area contributed by atoms with Gasteiger partial charge in [-0.1, -0.05) is 0 Å². The summed E-state index contributed by atoms with van der Waals surface area (Å²) in [5.41, 5.74) is 0. The van der Waals surface area contributed by atoms with Crippen LogP contribution in [0.1, 0.15) is 83.1 Å². The van der Waals surface area contributed by atoms with Gasteiger partial charge in [-0.15, -0.1) is 0 Å². The molecule has 1 fully saturated rings. The van der Waals surface area contributed by atoms with Crippen LogP contribution in [0.25, 0.3) is 0 Å². The van der Waals surface area contributed by atoms with E-state index in [2.05, 4.69) is 204 Å². The Labute approximate surface area is 303 Å². The van der Waals surface area contributed by atoms with E-state index in [1.807, 2.05) is 0 Å². The predicted octanol–water partition coefficient (Wildman–Crippen LogP) is 8.66. The summed E-state index contributed by atoms with van der Waals surface area (Å²) < 4.78 is 32.5. The summed E-state index contributed by atoms with van der Waals surface area (Å²) in [7, 11) is -7.07. The maximum atomic E-state index is 8.42.